The number of nitrogens with zero attached hydrogens (tertiary/aromatic N) is 1. The molecule has 0 aliphatic carbocycles. The van der Waals surface area contributed by atoms with E-state index in [0.29, 0.717) is 22.0 Å². The van der Waals surface area contributed by atoms with Gasteiger partial charge in [-0.05, 0) is 29.8 Å². The Bertz CT molecular complexity index is 834. The maximum Gasteiger partial charge on any atom is 0.186 e. The third-order valence-corrected chi connectivity index (χ3v) is 5.45. The fraction of sp³-hybridized carbons (Fsp3) is 0.250. The molecule has 2 rings (SSSR count). The molecule has 0 spiro atoms. The number of pyridine rings is 1. The average molecular weight is 398 g/mol. The Labute approximate surface area is 143 Å². The molecule has 1 heterocycles. The number of benzene rings is 1. The van der Waals surface area contributed by atoms with Gasteiger partial charge in [0.25, 0.3) is 0 Å². The lowest BCUT2D eigenvalue weighted by Crippen LogP contribution is -2.08. The van der Waals surface area contributed by atoms with Gasteiger partial charge in [0.05, 0.1) is 12.9 Å². The molecular formula is C16H16BrNO4S. The molecule has 23 heavy (non-hydrogen) atoms. The van der Waals surface area contributed by atoms with Crippen LogP contribution in [0.5, 0.6) is 5.75 Å². The number of methoxy groups -OCH3 is 1. The molecule has 0 bridgehead atoms. The number of carbonyl (C=O) groups excluding carboxylic acids is 1. The highest BCUT2D eigenvalue weighted by atomic mass is 79.9. The second-order valence-electron chi connectivity index (χ2n) is 4.91. The van der Waals surface area contributed by atoms with Crippen LogP contribution in [0.1, 0.15) is 29.3 Å². The normalized spacial score (nSPS) is 11.3. The van der Waals surface area contributed by atoms with E-state index in [1.165, 1.54) is 25.6 Å². The van der Waals surface area contributed by atoms with Gasteiger partial charge in [0.15, 0.2) is 15.6 Å². The van der Waals surface area contributed by atoms with Crippen molar-refractivity contribution in [3.05, 3.63) is 52.3 Å². The summed E-state index contributed by atoms with van der Waals surface area (Å²) in [7, 11) is -2.21. The van der Waals surface area contributed by atoms with Gasteiger partial charge in [-0.15, -0.1) is 0 Å². The highest BCUT2D eigenvalue weighted by molar-refractivity contribution is 9.10. The van der Waals surface area contributed by atoms with Gasteiger partial charge in [0, 0.05) is 28.9 Å². The van der Waals surface area contributed by atoms with Crippen molar-refractivity contribution in [2.45, 2.75) is 24.0 Å². The second-order valence-corrected chi connectivity index (χ2v) is 7.79. The summed E-state index contributed by atoms with van der Waals surface area (Å²) >= 11 is 3.27. The lowest BCUT2D eigenvalue weighted by atomic mass is 10.1. The summed E-state index contributed by atoms with van der Waals surface area (Å²) in [4.78, 5) is 15.8. The number of hydrogen-bond acceptors (Lipinski definition) is 5. The molecule has 0 unspecified atom stereocenters. The third-order valence-electron chi connectivity index (χ3n) is 3.26. The molecule has 0 amide bonds. The molecule has 5 nitrogen and oxygen atoms in total. The van der Waals surface area contributed by atoms with Crippen LogP contribution in [0.2, 0.25) is 0 Å². The van der Waals surface area contributed by atoms with Crippen LogP contribution in [-0.4, -0.2) is 26.3 Å². The summed E-state index contributed by atoms with van der Waals surface area (Å²) in [6.07, 6.45) is 3.24. The number of ether oxygens (including phenoxy) is 1. The molecule has 0 aliphatic heterocycles. The highest BCUT2D eigenvalue weighted by Gasteiger charge is 2.21. The first-order chi connectivity index (χ1) is 10.9. The number of Topliss-reactive ketones (excluding diaryl/α,β-unsaturated/α-hetero) is 1. The van der Waals surface area contributed by atoms with Gasteiger partial charge in [-0.25, -0.2) is 8.42 Å². The summed E-state index contributed by atoms with van der Waals surface area (Å²) in [5, 5.41) is 0. The van der Waals surface area contributed by atoms with Crippen LogP contribution in [-0.2, 0) is 15.6 Å². The van der Waals surface area contributed by atoms with E-state index in [1.54, 1.807) is 25.1 Å². The van der Waals surface area contributed by atoms with Gasteiger partial charge in [-0.3, -0.25) is 9.78 Å². The minimum absolute atomic E-state index is 0.0724. The van der Waals surface area contributed by atoms with Crippen molar-refractivity contribution in [1.82, 2.24) is 4.98 Å². The molecule has 2 aromatic rings. The minimum Gasteiger partial charge on any atom is -0.495 e. The van der Waals surface area contributed by atoms with Crippen LogP contribution in [0.4, 0.5) is 0 Å². The molecule has 1 aromatic carbocycles. The van der Waals surface area contributed by atoms with Crippen molar-refractivity contribution in [3.8, 4) is 5.75 Å². The Morgan fingerprint density at radius 3 is 2.65 bits per heavy atom. The van der Waals surface area contributed by atoms with Crippen molar-refractivity contribution in [2.75, 3.05) is 7.11 Å². The van der Waals surface area contributed by atoms with Crippen LogP contribution < -0.4 is 4.74 Å². The van der Waals surface area contributed by atoms with E-state index in [2.05, 4.69) is 20.9 Å². The van der Waals surface area contributed by atoms with Crippen molar-refractivity contribution in [1.29, 1.82) is 0 Å². The second kappa shape index (κ2) is 7.23. The van der Waals surface area contributed by atoms with Crippen LogP contribution in [0.15, 0.2) is 46.0 Å². The standard InChI is InChI=1S/C16H16BrNO4S/c1-3-14(19)12-6-11(8-18-9-12)10-23(20,21)16-7-13(17)4-5-15(16)22-2/h4-9H,3,10H2,1-2H3. The molecule has 122 valence electrons. The van der Waals surface area contributed by atoms with E-state index in [0.717, 1.165) is 0 Å². The Balaban J connectivity index is 2.39. The van der Waals surface area contributed by atoms with Crippen molar-refractivity contribution in [2.24, 2.45) is 0 Å². The number of carbonyl (C=O) groups is 1. The topological polar surface area (TPSA) is 73.3 Å². The van der Waals surface area contributed by atoms with Gasteiger partial charge >= 0.3 is 0 Å². The molecule has 0 atom stereocenters. The van der Waals surface area contributed by atoms with Crippen molar-refractivity contribution >= 4 is 31.6 Å². The molecule has 0 saturated heterocycles. The molecule has 7 heteroatoms. The monoisotopic (exact) mass is 397 g/mol. The van der Waals surface area contributed by atoms with E-state index < -0.39 is 9.84 Å². The van der Waals surface area contributed by atoms with E-state index in [-0.39, 0.29) is 22.2 Å². The number of hydrogen-bond donors (Lipinski definition) is 0. The quantitative estimate of drug-likeness (QED) is 0.698. The summed E-state index contributed by atoms with van der Waals surface area (Å²) in [6, 6.07) is 6.37. The molecule has 0 N–H and O–H groups in total. The average Bonchev–Trinajstić information content (AvgIpc) is 2.54. The zero-order chi connectivity index (χ0) is 17.0. The van der Waals surface area contributed by atoms with Gasteiger partial charge in [0.1, 0.15) is 10.6 Å². The minimum atomic E-state index is -3.63. The van der Waals surface area contributed by atoms with Crippen LogP contribution in [0.25, 0.3) is 0 Å². The number of aromatic nitrogens is 1. The van der Waals surface area contributed by atoms with E-state index >= 15 is 0 Å². The molecule has 0 radical (unpaired) electrons. The lowest BCUT2D eigenvalue weighted by Gasteiger charge is -2.10. The summed E-state index contributed by atoms with van der Waals surface area (Å²) in [5.74, 6) is -0.0452. The maximum atomic E-state index is 12.7. The number of halogens is 1. The largest absolute Gasteiger partial charge is 0.495 e. The first-order valence-corrected chi connectivity index (χ1v) is 9.35. The van der Waals surface area contributed by atoms with Gasteiger partial charge in [-0.2, -0.15) is 0 Å². The highest BCUT2D eigenvalue weighted by Crippen LogP contribution is 2.29. The maximum absolute atomic E-state index is 12.7. The first kappa shape index (κ1) is 17.6. The summed E-state index contributed by atoms with van der Waals surface area (Å²) < 4.78 is 31.1. The SMILES string of the molecule is CCC(=O)c1cncc(CS(=O)(=O)c2cc(Br)ccc2OC)c1. The van der Waals surface area contributed by atoms with Gasteiger partial charge < -0.3 is 4.74 Å². The van der Waals surface area contributed by atoms with E-state index in [1.807, 2.05) is 0 Å². The predicted molar refractivity (Wildman–Crippen MR) is 90.4 cm³/mol. The number of sulfone groups is 1. The Morgan fingerprint density at radius 1 is 1.26 bits per heavy atom. The zero-order valence-electron chi connectivity index (χ0n) is 12.7. The zero-order valence-corrected chi connectivity index (χ0v) is 15.1. The van der Waals surface area contributed by atoms with Gasteiger partial charge in [-0.1, -0.05) is 22.9 Å². The fourth-order valence-corrected chi connectivity index (χ4v) is 4.14. The smallest absolute Gasteiger partial charge is 0.186 e. The fourth-order valence-electron chi connectivity index (χ4n) is 2.11. The first-order valence-electron chi connectivity index (χ1n) is 6.90. The van der Waals surface area contributed by atoms with Crippen molar-refractivity contribution in [3.63, 3.8) is 0 Å². The predicted octanol–water partition coefficient (Wildman–Crippen LogP) is 3.42. The van der Waals surface area contributed by atoms with Crippen molar-refractivity contribution < 1.29 is 17.9 Å². The van der Waals surface area contributed by atoms with Crippen LogP contribution in [0, 0.1) is 0 Å². The van der Waals surface area contributed by atoms with E-state index in [4.69, 9.17) is 4.74 Å². The summed E-state index contributed by atoms with van der Waals surface area (Å²) in [5.41, 5.74) is 0.882. The van der Waals surface area contributed by atoms with E-state index in [9.17, 15) is 13.2 Å². The third kappa shape index (κ3) is 4.17. The van der Waals surface area contributed by atoms with Crippen LogP contribution >= 0.6 is 15.9 Å². The van der Waals surface area contributed by atoms with Crippen LogP contribution in [0.3, 0.4) is 0 Å². The number of ketones is 1. The Kier molecular flexibility index (Phi) is 5.54. The summed E-state index contributed by atoms with van der Waals surface area (Å²) in [6.45, 7) is 1.75. The lowest BCUT2D eigenvalue weighted by molar-refractivity contribution is 0.0987. The molecule has 1 aromatic heterocycles. The Hall–Kier alpha value is -1.73. The molecule has 0 aliphatic rings. The number of rotatable bonds is 6. The Morgan fingerprint density at radius 2 is 2.00 bits per heavy atom. The van der Waals surface area contributed by atoms with Gasteiger partial charge in [0.2, 0.25) is 0 Å². The molecule has 0 saturated carbocycles. The molecule has 0 fully saturated rings. The molecular weight excluding hydrogens is 382 g/mol.